The number of nitrogens with zero attached hydrogens (tertiary/aromatic N) is 2. The van der Waals surface area contributed by atoms with Gasteiger partial charge in [0.05, 0.1) is 6.33 Å². The van der Waals surface area contributed by atoms with Gasteiger partial charge in [-0.15, -0.1) is 0 Å². The van der Waals surface area contributed by atoms with Crippen molar-refractivity contribution in [2.75, 3.05) is 5.73 Å². The summed E-state index contributed by atoms with van der Waals surface area (Å²) in [5.41, 5.74) is 5.94. The van der Waals surface area contributed by atoms with Crippen LogP contribution in [0.2, 0.25) is 0 Å². The number of anilines is 1. The van der Waals surface area contributed by atoms with Crippen LogP contribution >= 0.6 is 0 Å². The van der Waals surface area contributed by atoms with Crippen LogP contribution in [0.3, 0.4) is 0 Å². The molecule has 19 heavy (non-hydrogen) atoms. The lowest BCUT2D eigenvalue weighted by Gasteiger charge is -2.34. The molecule has 1 saturated carbocycles. The minimum absolute atomic E-state index is 0.00711. The SMILES string of the molecule is Cn1cnc(N)c1S(=O)(=O)NC1CCC(C)(C)CC1. The zero-order valence-electron chi connectivity index (χ0n) is 11.7. The van der Waals surface area contributed by atoms with Crippen molar-refractivity contribution in [3.8, 4) is 0 Å². The van der Waals surface area contributed by atoms with E-state index in [2.05, 4.69) is 23.6 Å². The number of rotatable bonds is 3. The number of imidazole rings is 1. The molecule has 6 nitrogen and oxygen atoms in total. The van der Waals surface area contributed by atoms with E-state index in [1.165, 1.54) is 10.9 Å². The van der Waals surface area contributed by atoms with Gasteiger partial charge < -0.3 is 10.3 Å². The highest BCUT2D eigenvalue weighted by Crippen LogP contribution is 2.35. The van der Waals surface area contributed by atoms with Gasteiger partial charge in [0.25, 0.3) is 10.0 Å². The lowest BCUT2D eigenvalue weighted by Crippen LogP contribution is -2.40. The molecule has 1 aliphatic carbocycles. The number of sulfonamides is 1. The van der Waals surface area contributed by atoms with E-state index >= 15 is 0 Å². The van der Waals surface area contributed by atoms with Gasteiger partial charge in [0.2, 0.25) is 0 Å². The summed E-state index contributed by atoms with van der Waals surface area (Å²) in [5.74, 6) is 0.0474. The monoisotopic (exact) mass is 286 g/mol. The van der Waals surface area contributed by atoms with Gasteiger partial charge in [-0.2, -0.15) is 0 Å². The molecule has 2 rings (SSSR count). The van der Waals surface area contributed by atoms with Crippen molar-refractivity contribution in [1.82, 2.24) is 14.3 Å². The summed E-state index contributed by atoms with van der Waals surface area (Å²) in [5, 5.41) is 0.0531. The Morgan fingerprint density at radius 1 is 1.42 bits per heavy atom. The topological polar surface area (TPSA) is 90.0 Å². The van der Waals surface area contributed by atoms with Gasteiger partial charge in [0.1, 0.15) is 0 Å². The Morgan fingerprint density at radius 3 is 2.47 bits per heavy atom. The normalized spacial score (nSPS) is 20.6. The standard InChI is InChI=1S/C12H22N4O2S/c1-12(2)6-4-9(5-7-12)15-19(17,18)11-10(13)14-8-16(11)3/h8-9,15H,4-7,13H2,1-3H3. The largest absolute Gasteiger partial charge is 0.381 e. The fourth-order valence-electron chi connectivity index (χ4n) is 2.56. The van der Waals surface area contributed by atoms with Gasteiger partial charge in [-0.05, 0) is 31.1 Å². The Kier molecular flexibility index (Phi) is 3.61. The highest BCUT2D eigenvalue weighted by molar-refractivity contribution is 7.89. The Bertz CT molecular complexity index is 533. The molecule has 0 amide bonds. The molecule has 0 radical (unpaired) electrons. The van der Waals surface area contributed by atoms with Crippen molar-refractivity contribution in [1.29, 1.82) is 0 Å². The fraction of sp³-hybridized carbons (Fsp3) is 0.750. The van der Waals surface area contributed by atoms with Gasteiger partial charge in [-0.1, -0.05) is 13.8 Å². The van der Waals surface area contributed by atoms with E-state index in [1.807, 2.05) is 0 Å². The second-order valence-electron chi connectivity index (χ2n) is 6.11. The summed E-state index contributed by atoms with van der Waals surface area (Å²) in [6.45, 7) is 4.44. The molecule has 1 fully saturated rings. The van der Waals surface area contributed by atoms with Crippen LogP contribution in [0.5, 0.6) is 0 Å². The number of nitrogens with one attached hydrogen (secondary N) is 1. The number of hydrogen-bond donors (Lipinski definition) is 2. The lowest BCUT2D eigenvalue weighted by molar-refractivity contribution is 0.218. The van der Waals surface area contributed by atoms with Crippen molar-refractivity contribution < 1.29 is 8.42 Å². The molecule has 0 unspecified atom stereocenters. The van der Waals surface area contributed by atoms with Crippen LogP contribution in [0.25, 0.3) is 0 Å². The molecule has 1 aromatic rings. The number of hydrogen-bond acceptors (Lipinski definition) is 4. The molecule has 1 aromatic heterocycles. The summed E-state index contributed by atoms with van der Waals surface area (Å²) in [7, 11) is -1.96. The molecule has 0 aliphatic heterocycles. The zero-order valence-corrected chi connectivity index (χ0v) is 12.5. The summed E-state index contributed by atoms with van der Waals surface area (Å²) in [6, 6.07) is -0.00711. The molecular weight excluding hydrogens is 264 g/mol. The van der Waals surface area contributed by atoms with E-state index in [0.717, 1.165) is 25.7 Å². The summed E-state index contributed by atoms with van der Waals surface area (Å²) < 4.78 is 28.8. The van der Waals surface area contributed by atoms with Crippen LogP contribution in [-0.2, 0) is 17.1 Å². The van der Waals surface area contributed by atoms with Gasteiger partial charge in [-0.3, -0.25) is 0 Å². The first kappa shape index (κ1) is 14.3. The van der Waals surface area contributed by atoms with Crippen molar-refractivity contribution in [2.45, 2.75) is 50.6 Å². The molecular formula is C12H22N4O2S. The molecule has 7 heteroatoms. The predicted octanol–water partition coefficient (Wildman–Crippen LogP) is 1.25. The third-order valence-electron chi connectivity index (χ3n) is 3.83. The van der Waals surface area contributed by atoms with Gasteiger partial charge in [0.15, 0.2) is 10.8 Å². The maximum atomic E-state index is 12.3. The Labute approximate surface area is 114 Å². The molecule has 0 aromatic carbocycles. The maximum absolute atomic E-state index is 12.3. The van der Waals surface area contributed by atoms with Gasteiger partial charge >= 0.3 is 0 Å². The molecule has 3 N–H and O–H groups in total. The van der Waals surface area contributed by atoms with Crippen LogP contribution in [0.1, 0.15) is 39.5 Å². The summed E-state index contributed by atoms with van der Waals surface area (Å²) in [6.07, 6.45) is 5.20. The Hall–Kier alpha value is -1.08. The average Bonchev–Trinajstić information content (AvgIpc) is 2.62. The van der Waals surface area contributed by atoms with Crippen LogP contribution in [0, 0.1) is 5.41 Å². The maximum Gasteiger partial charge on any atom is 0.260 e. The smallest absolute Gasteiger partial charge is 0.260 e. The first-order chi connectivity index (χ1) is 8.71. The van der Waals surface area contributed by atoms with Crippen molar-refractivity contribution >= 4 is 15.8 Å². The minimum atomic E-state index is -3.59. The number of nitrogens with two attached hydrogens (primary N) is 1. The van der Waals surface area contributed by atoms with E-state index in [-0.39, 0.29) is 16.9 Å². The number of aromatic nitrogens is 2. The lowest BCUT2D eigenvalue weighted by atomic mass is 9.76. The number of nitrogen functional groups attached to an aromatic ring is 1. The van der Waals surface area contributed by atoms with Crippen molar-refractivity contribution in [2.24, 2.45) is 12.5 Å². The van der Waals surface area contributed by atoms with E-state index in [9.17, 15) is 8.42 Å². The van der Waals surface area contributed by atoms with Crippen LogP contribution in [0.4, 0.5) is 5.82 Å². The first-order valence-electron chi connectivity index (χ1n) is 6.50. The zero-order chi connectivity index (χ0) is 14.3. The highest BCUT2D eigenvalue weighted by Gasteiger charge is 2.31. The van der Waals surface area contributed by atoms with Crippen LogP contribution in [0.15, 0.2) is 11.4 Å². The average molecular weight is 286 g/mol. The van der Waals surface area contributed by atoms with Crippen LogP contribution < -0.4 is 10.5 Å². The second kappa shape index (κ2) is 4.79. The number of aryl methyl sites for hydroxylation is 1. The van der Waals surface area contributed by atoms with Gasteiger partial charge in [-0.25, -0.2) is 18.1 Å². The predicted molar refractivity (Wildman–Crippen MR) is 74.0 cm³/mol. The molecule has 108 valence electrons. The third kappa shape index (κ3) is 3.09. The van der Waals surface area contributed by atoms with Crippen molar-refractivity contribution in [3.05, 3.63) is 6.33 Å². The van der Waals surface area contributed by atoms with E-state index in [1.54, 1.807) is 7.05 Å². The first-order valence-corrected chi connectivity index (χ1v) is 7.99. The van der Waals surface area contributed by atoms with Crippen molar-refractivity contribution in [3.63, 3.8) is 0 Å². The Morgan fingerprint density at radius 2 is 2.00 bits per heavy atom. The molecule has 0 atom stereocenters. The molecule has 0 saturated heterocycles. The fourth-order valence-corrected chi connectivity index (χ4v) is 4.10. The van der Waals surface area contributed by atoms with E-state index in [0.29, 0.717) is 5.41 Å². The summed E-state index contributed by atoms with van der Waals surface area (Å²) in [4.78, 5) is 3.82. The molecule has 0 bridgehead atoms. The van der Waals surface area contributed by atoms with Crippen LogP contribution in [-0.4, -0.2) is 24.0 Å². The van der Waals surface area contributed by atoms with E-state index in [4.69, 9.17) is 5.73 Å². The molecule has 1 aliphatic rings. The summed E-state index contributed by atoms with van der Waals surface area (Å²) >= 11 is 0. The Balaban J connectivity index is 2.11. The quantitative estimate of drug-likeness (QED) is 0.875. The highest BCUT2D eigenvalue weighted by atomic mass is 32.2. The molecule has 0 spiro atoms. The van der Waals surface area contributed by atoms with E-state index < -0.39 is 10.0 Å². The second-order valence-corrected chi connectivity index (χ2v) is 7.73. The van der Waals surface area contributed by atoms with Gasteiger partial charge in [0, 0.05) is 13.1 Å². The molecule has 1 heterocycles. The third-order valence-corrected chi connectivity index (χ3v) is 5.47. The minimum Gasteiger partial charge on any atom is -0.381 e.